The van der Waals surface area contributed by atoms with Gasteiger partial charge >= 0.3 is 10.1 Å². The van der Waals surface area contributed by atoms with Gasteiger partial charge in [-0.3, -0.25) is 4.79 Å². The van der Waals surface area contributed by atoms with Crippen LogP contribution in [-0.4, -0.2) is 14.3 Å². The van der Waals surface area contributed by atoms with Crippen LogP contribution in [0.25, 0.3) is 6.08 Å². The third kappa shape index (κ3) is 5.59. The highest BCUT2D eigenvalue weighted by molar-refractivity contribution is 7.87. The Bertz CT molecular complexity index is 1290. The summed E-state index contributed by atoms with van der Waals surface area (Å²) in [6.45, 7) is 3.82. The average molecular weight is 433 g/mol. The standard InChI is InChI=1S/C24H20N2O4S/c1-17-11-12-23(18(2)13-17)26-24(27)20(16-25)14-19-7-6-8-21(15-19)30-31(28,29)22-9-4-3-5-10-22/h3-15H,1-2H3,(H,26,27)/b20-14-. The normalized spacial score (nSPS) is 11.5. The molecule has 0 atom stereocenters. The van der Waals surface area contributed by atoms with Crippen LogP contribution in [0.15, 0.2) is 83.3 Å². The Morgan fingerprint density at radius 2 is 1.74 bits per heavy atom. The number of rotatable bonds is 6. The summed E-state index contributed by atoms with van der Waals surface area (Å²) in [5, 5.41) is 12.2. The molecular weight excluding hydrogens is 412 g/mol. The van der Waals surface area contributed by atoms with Crippen LogP contribution >= 0.6 is 0 Å². The average Bonchev–Trinajstić information content (AvgIpc) is 2.74. The summed E-state index contributed by atoms with van der Waals surface area (Å²) in [7, 11) is -3.99. The zero-order valence-electron chi connectivity index (χ0n) is 17.0. The lowest BCUT2D eigenvalue weighted by Gasteiger charge is -2.09. The molecule has 6 nitrogen and oxygen atoms in total. The molecule has 0 unspecified atom stereocenters. The summed E-state index contributed by atoms with van der Waals surface area (Å²) in [4.78, 5) is 12.6. The van der Waals surface area contributed by atoms with Crippen LogP contribution < -0.4 is 9.50 Å². The second-order valence-electron chi connectivity index (χ2n) is 6.87. The fraction of sp³-hybridized carbons (Fsp3) is 0.0833. The molecular formula is C24H20N2O4S. The van der Waals surface area contributed by atoms with Crippen molar-refractivity contribution in [2.75, 3.05) is 5.32 Å². The molecule has 0 radical (unpaired) electrons. The topological polar surface area (TPSA) is 96.3 Å². The zero-order valence-corrected chi connectivity index (χ0v) is 17.8. The van der Waals surface area contributed by atoms with Crippen molar-refractivity contribution in [1.82, 2.24) is 0 Å². The third-order valence-electron chi connectivity index (χ3n) is 4.40. The van der Waals surface area contributed by atoms with Crippen molar-refractivity contribution in [2.45, 2.75) is 18.7 Å². The molecule has 0 aliphatic heterocycles. The fourth-order valence-corrected chi connectivity index (χ4v) is 3.82. The van der Waals surface area contributed by atoms with Gasteiger partial charge in [-0.25, -0.2) is 0 Å². The molecule has 0 aromatic heterocycles. The van der Waals surface area contributed by atoms with Gasteiger partial charge < -0.3 is 9.50 Å². The number of nitrogens with zero attached hydrogens (tertiary/aromatic N) is 1. The van der Waals surface area contributed by atoms with E-state index in [1.807, 2.05) is 32.0 Å². The Kier molecular flexibility index (Phi) is 6.53. The molecule has 0 saturated heterocycles. The van der Waals surface area contributed by atoms with E-state index < -0.39 is 16.0 Å². The molecule has 0 heterocycles. The number of aryl methyl sites for hydroxylation is 2. The maximum Gasteiger partial charge on any atom is 0.339 e. The maximum absolute atomic E-state index is 12.6. The molecule has 31 heavy (non-hydrogen) atoms. The van der Waals surface area contributed by atoms with E-state index in [0.717, 1.165) is 11.1 Å². The predicted octanol–water partition coefficient (Wildman–Crippen LogP) is 4.62. The van der Waals surface area contributed by atoms with Crippen molar-refractivity contribution in [1.29, 1.82) is 5.26 Å². The van der Waals surface area contributed by atoms with Crippen LogP contribution in [0.2, 0.25) is 0 Å². The summed E-state index contributed by atoms with van der Waals surface area (Å²) >= 11 is 0. The van der Waals surface area contributed by atoms with Gasteiger partial charge in [-0.05, 0) is 61.4 Å². The van der Waals surface area contributed by atoms with E-state index in [0.29, 0.717) is 11.3 Å². The monoisotopic (exact) mass is 432 g/mol. The summed E-state index contributed by atoms with van der Waals surface area (Å²) in [6.07, 6.45) is 1.38. The number of hydrogen-bond donors (Lipinski definition) is 1. The smallest absolute Gasteiger partial charge is 0.339 e. The van der Waals surface area contributed by atoms with Gasteiger partial charge in [0.05, 0.1) is 0 Å². The SMILES string of the molecule is Cc1ccc(NC(=O)/C(C#N)=C\c2cccc(OS(=O)(=O)c3ccccc3)c2)c(C)c1. The quantitative estimate of drug-likeness (QED) is 0.348. The van der Waals surface area contributed by atoms with Crippen molar-refractivity contribution in [3.8, 4) is 11.8 Å². The first-order valence-electron chi connectivity index (χ1n) is 9.38. The summed E-state index contributed by atoms with van der Waals surface area (Å²) in [5.74, 6) is -0.484. The van der Waals surface area contributed by atoms with Gasteiger partial charge in [0.1, 0.15) is 22.3 Å². The molecule has 3 aromatic carbocycles. The number of carbonyl (C=O) groups excluding carboxylic acids is 1. The van der Waals surface area contributed by atoms with E-state index in [2.05, 4.69) is 5.32 Å². The zero-order chi connectivity index (χ0) is 22.4. The minimum absolute atomic E-state index is 0.0292. The van der Waals surface area contributed by atoms with Gasteiger partial charge in [0, 0.05) is 5.69 Å². The van der Waals surface area contributed by atoms with Gasteiger partial charge in [-0.1, -0.05) is 48.0 Å². The first-order chi connectivity index (χ1) is 14.8. The summed E-state index contributed by atoms with van der Waals surface area (Å²) < 4.78 is 30.0. The van der Waals surface area contributed by atoms with Crippen molar-refractivity contribution < 1.29 is 17.4 Å². The number of hydrogen-bond acceptors (Lipinski definition) is 5. The van der Waals surface area contributed by atoms with Gasteiger partial charge in [0.15, 0.2) is 0 Å². The molecule has 0 spiro atoms. The van der Waals surface area contributed by atoms with Crippen LogP contribution in [-0.2, 0) is 14.9 Å². The maximum atomic E-state index is 12.6. The molecule has 1 N–H and O–H groups in total. The molecule has 0 saturated carbocycles. The van der Waals surface area contributed by atoms with Crippen LogP contribution in [0.4, 0.5) is 5.69 Å². The highest BCUT2D eigenvalue weighted by Crippen LogP contribution is 2.22. The lowest BCUT2D eigenvalue weighted by molar-refractivity contribution is -0.112. The van der Waals surface area contributed by atoms with Crippen molar-refractivity contribution in [3.05, 3.63) is 95.1 Å². The molecule has 0 fully saturated rings. The van der Waals surface area contributed by atoms with Gasteiger partial charge in [-0.15, -0.1) is 0 Å². The van der Waals surface area contributed by atoms with E-state index in [9.17, 15) is 18.5 Å². The van der Waals surface area contributed by atoms with Gasteiger partial charge in [0.25, 0.3) is 5.91 Å². The van der Waals surface area contributed by atoms with E-state index in [-0.39, 0.29) is 16.2 Å². The molecule has 156 valence electrons. The minimum atomic E-state index is -3.99. The third-order valence-corrected chi connectivity index (χ3v) is 5.66. The Hall–Kier alpha value is -3.89. The second-order valence-corrected chi connectivity index (χ2v) is 8.41. The summed E-state index contributed by atoms with van der Waals surface area (Å²) in [6, 6.07) is 21.4. The number of nitriles is 1. The van der Waals surface area contributed by atoms with Gasteiger partial charge in [0.2, 0.25) is 0 Å². The molecule has 7 heteroatoms. The first kappa shape index (κ1) is 21.8. The molecule has 0 bridgehead atoms. The van der Waals surface area contributed by atoms with Crippen molar-refractivity contribution in [2.24, 2.45) is 0 Å². The fourth-order valence-electron chi connectivity index (χ4n) is 2.88. The lowest BCUT2D eigenvalue weighted by Crippen LogP contribution is -2.14. The Morgan fingerprint density at radius 3 is 2.42 bits per heavy atom. The molecule has 3 rings (SSSR count). The molecule has 0 aliphatic rings. The molecule has 3 aromatic rings. The number of amides is 1. The van der Waals surface area contributed by atoms with Crippen LogP contribution in [0.5, 0.6) is 5.75 Å². The van der Waals surface area contributed by atoms with Crippen LogP contribution in [0, 0.1) is 25.2 Å². The molecule has 0 aliphatic carbocycles. The molecule has 1 amide bonds. The highest BCUT2D eigenvalue weighted by atomic mass is 32.2. The first-order valence-corrected chi connectivity index (χ1v) is 10.8. The van der Waals surface area contributed by atoms with Gasteiger partial charge in [-0.2, -0.15) is 13.7 Å². The van der Waals surface area contributed by atoms with Crippen molar-refractivity contribution >= 4 is 27.8 Å². The second kappa shape index (κ2) is 9.28. The van der Waals surface area contributed by atoms with E-state index >= 15 is 0 Å². The lowest BCUT2D eigenvalue weighted by atomic mass is 10.1. The van der Waals surface area contributed by atoms with Crippen LogP contribution in [0.3, 0.4) is 0 Å². The predicted molar refractivity (Wildman–Crippen MR) is 119 cm³/mol. The number of carbonyl (C=O) groups is 1. The Balaban J connectivity index is 1.82. The van der Waals surface area contributed by atoms with E-state index in [1.165, 1.54) is 30.3 Å². The highest BCUT2D eigenvalue weighted by Gasteiger charge is 2.16. The number of anilines is 1. The van der Waals surface area contributed by atoms with E-state index in [4.69, 9.17) is 4.18 Å². The summed E-state index contributed by atoms with van der Waals surface area (Å²) in [5.41, 5.74) is 2.89. The van der Waals surface area contributed by atoms with Crippen LogP contribution in [0.1, 0.15) is 16.7 Å². The largest absolute Gasteiger partial charge is 0.379 e. The Morgan fingerprint density at radius 1 is 1.00 bits per heavy atom. The Labute approximate surface area is 181 Å². The number of nitrogens with one attached hydrogen (secondary N) is 1. The van der Waals surface area contributed by atoms with E-state index in [1.54, 1.807) is 36.4 Å². The number of benzene rings is 3. The van der Waals surface area contributed by atoms with Crippen molar-refractivity contribution in [3.63, 3.8) is 0 Å². The minimum Gasteiger partial charge on any atom is -0.379 e.